The maximum Gasteiger partial charge on any atom is 0.343 e. The molecule has 0 spiro atoms. The summed E-state index contributed by atoms with van der Waals surface area (Å²) in [6.07, 6.45) is 5.89. The second kappa shape index (κ2) is 8.55. The Morgan fingerprint density at radius 1 is 1.38 bits per heavy atom. The number of carbonyl (C=O) groups is 1. The van der Waals surface area contributed by atoms with Gasteiger partial charge in [-0.05, 0) is 25.0 Å². The van der Waals surface area contributed by atoms with E-state index in [0.29, 0.717) is 22.8 Å². The van der Waals surface area contributed by atoms with Crippen LogP contribution in [0, 0.1) is 11.6 Å². The van der Waals surface area contributed by atoms with E-state index in [1.165, 1.54) is 23.5 Å². The summed E-state index contributed by atoms with van der Waals surface area (Å²) in [5.41, 5.74) is 0.278. The number of thiazole rings is 1. The average molecular weight is 381 g/mol. The molecule has 2 aromatic rings. The second-order valence-electron chi connectivity index (χ2n) is 6.23. The topological polar surface area (TPSA) is 55.6 Å². The van der Waals surface area contributed by atoms with Crippen LogP contribution in [0.1, 0.15) is 25.7 Å². The Balaban J connectivity index is 1.90. The Kier molecular flexibility index (Phi) is 6.16. The number of nitrogens with one attached hydrogen (secondary N) is 1. The van der Waals surface area contributed by atoms with Crippen LogP contribution in [-0.4, -0.2) is 30.4 Å². The molecule has 1 aromatic carbocycles. The predicted octanol–water partition coefficient (Wildman–Crippen LogP) is 3.69. The maximum atomic E-state index is 14.1. The molecule has 0 atom stereocenters. The molecule has 0 aliphatic heterocycles. The predicted molar refractivity (Wildman–Crippen MR) is 95.9 cm³/mol. The van der Waals surface area contributed by atoms with Crippen LogP contribution in [-0.2, 0) is 11.3 Å². The number of rotatable bonds is 5. The van der Waals surface area contributed by atoms with Gasteiger partial charge in [-0.3, -0.25) is 0 Å². The first-order valence-corrected chi connectivity index (χ1v) is 9.38. The van der Waals surface area contributed by atoms with Crippen LogP contribution in [0.2, 0.25) is 0 Å². The lowest BCUT2D eigenvalue weighted by Gasteiger charge is -2.08. The molecule has 1 fully saturated rings. The standard InChI is InChI=1S/C18H21F2N3O2S/c1-25-9-8-23-11-16(14-7-6-12(19)10-15(14)20)26-18(23)22-17(24)21-13-4-2-3-5-13/h6-7,10-11,13H,2-5,8-9H2,1H3,(H,21,24)/b22-18-. The van der Waals surface area contributed by atoms with Gasteiger partial charge >= 0.3 is 6.03 Å². The lowest BCUT2D eigenvalue weighted by molar-refractivity contribution is 0.186. The van der Waals surface area contributed by atoms with Crippen molar-refractivity contribution in [1.29, 1.82) is 0 Å². The van der Waals surface area contributed by atoms with Crippen molar-refractivity contribution in [3.05, 3.63) is 40.8 Å². The van der Waals surface area contributed by atoms with Gasteiger partial charge in [0.05, 0.1) is 11.5 Å². The summed E-state index contributed by atoms with van der Waals surface area (Å²) in [7, 11) is 1.58. The van der Waals surface area contributed by atoms with Gasteiger partial charge in [-0.2, -0.15) is 4.99 Å². The smallest absolute Gasteiger partial charge is 0.343 e. The number of hydrogen-bond acceptors (Lipinski definition) is 3. The highest BCUT2D eigenvalue weighted by Crippen LogP contribution is 2.26. The van der Waals surface area contributed by atoms with Crippen LogP contribution >= 0.6 is 11.3 Å². The van der Waals surface area contributed by atoms with Crippen molar-refractivity contribution >= 4 is 17.4 Å². The van der Waals surface area contributed by atoms with Gasteiger partial charge in [0, 0.05) is 37.5 Å². The summed E-state index contributed by atoms with van der Waals surface area (Å²) in [6.45, 7) is 0.908. The van der Waals surface area contributed by atoms with E-state index >= 15 is 0 Å². The molecule has 26 heavy (non-hydrogen) atoms. The summed E-state index contributed by atoms with van der Waals surface area (Å²) in [5, 5.41) is 2.91. The molecule has 0 bridgehead atoms. The zero-order valence-corrected chi connectivity index (χ0v) is 15.3. The van der Waals surface area contributed by atoms with Gasteiger partial charge in [0.25, 0.3) is 0 Å². The third kappa shape index (κ3) is 4.56. The molecular formula is C18H21F2N3O2S. The molecule has 1 aromatic heterocycles. The molecule has 0 radical (unpaired) electrons. The van der Waals surface area contributed by atoms with Gasteiger partial charge in [-0.15, -0.1) is 0 Å². The summed E-state index contributed by atoms with van der Waals surface area (Å²) < 4.78 is 34.1. The minimum absolute atomic E-state index is 0.174. The van der Waals surface area contributed by atoms with Crippen LogP contribution in [0.4, 0.5) is 13.6 Å². The molecule has 140 valence electrons. The van der Waals surface area contributed by atoms with Crippen LogP contribution in [0.15, 0.2) is 29.4 Å². The van der Waals surface area contributed by atoms with E-state index in [0.717, 1.165) is 31.7 Å². The van der Waals surface area contributed by atoms with E-state index in [4.69, 9.17) is 4.74 Å². The van der Waals surface area contributed by atoms with Crippen molar-refractivity contribution in [2.45, 2.75) is 38.3 Å². The Morgan fingerprint density at radius 2 is 2.15 bits per heavy atom. The lowest BCUT2D eigenvalue weighted by atomic mass is 10.2. The number of ether oxygens (including phenoxy) is 1. The first-order chi connectivity index (χ1) is 12.6. The number of urea groups is 1. The molecule has 3 rings (SSSR count). The number of halogens is 2. The van der Waals surface area contributed by atoms with Gasteiger partial charge in [-0.25, -0.2) is 13.6 Å². The van der Waals surface area contributed by atoms with E-state index in [9.17, 15) is 13.6 Å². The zero-order valence-electron chi connectivity index (χ0n) is 14.5. The molecule has 1 saturated carbocycles. The number of benzene rings is 1. The molecule has 1 aliphatic carbocycles. The van der Waals surface area contributed by atoms with Crippen molar-refractivity contribution in [3.8, 4) is 10.4 Å². The number of amides is 2. The molecule has 8 heteroatoms. The number of methoxy groups -OCH3 is 1. The van der Waals surface area contributed by atoms with E-state index in [1.54, 1.807) is 17.9 Å². The highest BCUT2D eigenvalue weighted by Gasteiger charge is 2.17. The molecule has 5 nitrogen and oxygen atoms in total. The van der Waals surface area contributed by atoms with E-state index < -0.39 is 17.7 Å². The fourth-order valence-corrected chi connectivity index (χ4v) is 4.04. The summed E-state index contributed by atoms with van der Waals surface area (Å²) >= 11 is 1.19. The molecule has 1 aliphatic rings. The third-order valence-electron chi connectivity index (χ3n) is 4.33. The Morgan fingerprint density at radius 3 is 2.85 bits per heavy atom. The largest absolute Gasteiger partial charge is 0.383 e. The van der Waals surface area contributed by atoms with Crippen molar-refractivity contribution < 1.29 is 18.3 Å². The van der Waals surface area contributed by atoms with Crippen LogP contribution in [0.25, 0.3) is 10.4 Å². The normalized spacial score (nSPS) is 15.6. The summed E-state index contributed by atoms with van der Waals surface area (Å²) in [6, 6.07) is 3.22. The van der Waals surface area contributed by atoms with Crippen LogP contribution in [0.5, 0.6) is 0 Å². The lowest BCUT2D eigenvalue weighted by Crippen LogP contribution is -2.32. The molecular weight excluding hydrogens is 360 g/mol. The highest BCUT2D eigenvalue weighted by atomic mass is 32.1. The van der Waals surface area contributed by atoms with Crippen molar-refractivity contribution in [1.82, 2.24) is 9.88 Å². The van der Waals surface area contributed by atoms with Crippen molar-refractivity contribution in [2.75, 3.05) is 13.7 Å². The number of aromatic nitrogens is 1. The Hall–Kier alpha value is -2.06. The monoisotopic (exact) mass is 381 g/mol. The Bertz CT molecular complexity index is 841. The summed E-state index contributed by atoms with van der Waals surface area (Å²) in [5.74, 6) is -1.27. The Labute approximate surface area is 154 Å². The zero-order chi connectivity index (χ0) is 18.5. The minimum Gasteiger partial charge on any atom is -0.383 e. The van der Waals surface area contributed by atoms with Gasteiger partial charge in [-0.1, -0.05) is 24.2 Å². The van der Waals surface area contributed by atoms with Crippen LogP contribution < -0.4 is 10.1 Å². The second-order valence-corrected chi connectivity index (χ2v) is 7.24. The molecule has 2 amide bonds. The fourth-order valence-electron chi connectivity index (χ4n) is 2.99. The van der Waals surface area contributed by atoms with Crippen LogP contribution in [0.3, 0.4) is 0 Å². The quantitative estimate of drug-likeness (QED) is 0.859. The molecule has 0 unspecified atom stereocenters. The average Bonchev–Trinajstić information content (AvgIpc) is 3.23. The van der Waals surface area contributed by atoms with Crippen molar-refractivity contribution in [3.63, 3.8) is 0 Å². The number of hydrogen-bond donors (Lipinski definition) is 1. The van der Waals surface area contributed by atoms with E-state index in [-0.39, 0.29) is 11.6 Å². The summed E-state index contributed by atoms with van der Waals surface area (Å²) in [4.78, 5) is 17.4. The molecule has 1 heterocycles. The fraction of sp³-hybridized carbons (Fsp3) is 0.444. The van der Waals surface area contributed by atoms with E-state index in [1.807, 2.05) is 0 Å². The first kappa shape index (κ1) is 18.7. The molecule has 0 saturated heterocycles. The third-order valence-corrected chi connectivity index (χ3v) is 5.39. The van der Waals surface area contributed by atoms with Gasteiger partial charge in [0.2, 0.25) is 0 Å². The van der Waals surface area contributed by atoms with Crippen molar-refractivity contribution in [2.24, 2.45) is 4.99 Å². The number of carbonyl (C=O) groups excluding carboxylic acids is 1. The first-order valence-electron chi connectivity index (χ1n) is 8.56. The maximum absolute atomic E-state index is 14.1. The minimum atomic E-state index is -0.646. The van der Waals surface area contributed by atoms with Gasteiger partial charge in [0.15, 0.2) is 4.80 Å². The van der Waals surface area contributed by atoms with Gasteiger partial charge in [0.1, 0.15) is 11.6 Å². The van der Waals surface area contributed by atoms with E-state index in [2.05, 4.69) is 10.3 Å². The highest BCUT2D eigenvalue weighted by molar-refractivity contribution is 7.12. The SMILES string of the molecule is COCCn1cc(-c2ccc(F)cc2F)s/c1=N\C(=O)NC1CCCC1. The van der Waals surface area contributed by atoms with Gasteiger partial charge < -0.3 is 14.6 Å². The number of nitrogens with zero attached hydrogens (tertiary/aromatic N) is 2. The molecule has 1 N–H and O–H groups in total.